The summed E-state index contributed by atoms with van der Waals surface area (Å²) in [5.41, 5.74) is 2.59. The number of nitrogens with one attached hydrogen (secondary N) is 1. The summed E-state index contributed by atoms with van der Waals surface area (Å²) in [6, 6.07) is 1.62. The Morgan fingerprint density at radius 3 is 2.95 bits per heavy atom. The second-order valence-corrected chi connectivity index (χ2v) is 4.80. The third-order valence-electron chi connectivity index (χ3n) is 3.47. The molecule has 2 heterocycles. The Bertz CT molecular complexity index is 427. The van der Waals surface area contributed by atoms with Crippen molar-refractivity contribution in [3.8, 4) is 0 Å². The van der Waals surface area contributed by atoms with E-state index in [-0.39, 0.29) is 18.6 Å². The molecule has 0 spiro atoms. The number of carbonyl (C=O) groups is 1. The number of amides is 1. The first kappa shape index (κ1) is 15.0. The lowest BCUT2D eigenvalue weighted by molar-refractivity contribution is -0.00995. The van der Waals surface area contributed by atoms with E-state index in [1.165, 1.54) is 6.26 Å². The van der Waals surface area contributed by atoms with E-state index < -0.39 is 0 Å². The molecule has 0 aliphatic carbocycles. The summed E-state index contributed by atoms with van der Waals surface area (Å²) in [5.74, 6) is 5.43. The number of furan rings is 1. The van der Waals surface area contributed by atoms with Crippen LogP contribution in [0.25, 0.3) is 0 Å². The zero-order valence-corrected chi connectivity index (χ0v) is 11.4. The number of piperidine rings is 1. The zero-order chi connectivity index (χ0) is 14.4. The first-order valence-corrected chi connectivity index (χ1v) is 6.76. The van der Waals surface area contributed by atoms with Gasteiger partial charge >= 0.3 is 0 Å². The number of aliphatic hydroxyl groups excluding tert-OH is 1. The van der Waals surface area contributed by atoms with Crippen molar-refractivity contribution < 1.29 is 19.1 Å². The third kappa shape index (κ3) is 3.80. The van der Waals surface area contributed by atoms with Crippen LogP contribution in [-0.4, -0.2) is 48.3 Å². The van der Waals surface area contributed by atoms with Crippen LogP contribution < -0.4 is 11.3 Å². The van der Waals surface area contributed by atoms with Crippen LogP contribution in [0.5, 0.6) is 0 Å². The molecule has 1 aromatic heterocycles. The molecule has 7 heteroatoms. The molecule has 0 aromatic carbocycles. The van der Waals surface area contributed by atoms with Crippen molar-refractivity contribution in [3.63, 3.8) is 0 Å². The van der Waals surface area contributed by atoms with Crippen molar-refractivity contribution in [1.82, 2.24) is 10.3 Å². The normalized spacial score (nSPS) is 17.3. The van der Waals surface area contributed by atoms with Gasteiger partial charge in [0.15, 0.2) is 0 Å². The van der Waals surface area contributed by atoms with E-state index in [1.54, 1.807) is 6.07 Å². The van der Waals surface area contributed by atoms with Crippen LogP contribution in [-0.2, 0) is 11.3 Å². The molecular weight excluding hydrogens is 262 g/mol. The molecule has 7 nitrogen and oxygen atoms in total. The number of ether oxygens (including phenoxy) is 1. The molecule has 1 fully saturated rings. The molecule has 1 amide bonds. The number of nitrogens with zero attached hydrogens (tertiary/aromatic N) is 1. The van der Waals surface area contributed by atoms with Gasteiger partial charge < -0.3 is 14.3 Å². The number of hydrogen-bond acceptors (Lipinski definition) is 6. The minimum Gasteiger partial charge on any atom is -0.467 e. The summed E-state index contributed by atoms with van der Waals surface area (Å²) in [6.07, 6.45) is 3.54. The predicted octanol–water partition coefficient (Wildman–Crippen LogP) is -0.144. The van der Waals surface area contributed by atoms with Crippen LogP contribution >= 0.6 is 0 Å². The average Bonchev–Trinajstić information content (AvgIpc) is 2.94. The van der Waals surface area contributed by atoms with E-state index >= 15 is 0 Å². The third-order valence-corrected chi connectivity index (χ3v) is 3.47. The molecular formula is C13H21N3O4. The van der Waals surface area contributed by atoms with Gasteiger partial charge in [-0.3, -0.25) is 15.1 Å². The molecule has 0 saturated carbocycles. The van der Waals surface area contributed by atoms with Crippen molar-refractivity contribution >= 4 is 5.91 Å². The molecule has 2 rings (SSSR count). The fourth-order valence-corrected chi connectivity index (χ4v) is 2.40. The smallest absolute Gasteiger partial charge is 0.268 e. The Kier molecular flexibility index (Phi) is 5.54. The van der Waals surface area contributed by atoms with Crippen LogP contribution in [0.2, 0.25) is 0 Å². The van der Waals surface area contributed by atoms with Gasteiger partial charge in [0, 0.05) is 13.1 Å². The van der Waals surface area contributed by atoms with Crippen LogP contribution in [0.4, 0.5) is 0 Å². The molecule has 0 unspecified atom stereocenters. The van der Waals surface area contributed by atoms with Gasteiger partial charge in [-0.1, -0.05) is 0 Å². The van der Waals surface area contributed by atoms with Gasteiger partial charge in [-0.15, -0.1) is 0 Å². The first-order chi connectivity index (χ1) is 9.74. The number of nitrogens with two attached hydrogens (primary N) is 1. The van der Waals surface area contributed by atoms with E-state index in [9.17, 15) is 4.79 Å². The fraction of sp³-hybridized carbons (Fsp3) is 0.615. The summed E-state index contributed by atoms with van der Waals surface area (Å²) >= 11 is 0. The van der Waals surface area contributed by atoms with E-state index in [2.05, 4.69) is 10.3 Å². The molecule has 4 N–H and O–H groups in total. The maximum Gasteiger partial charge on any atom is 0.268 e. The molecule has 0 bridgehead atoms. The molecule has 112 valence electrons. The standard InChI is InChI=1S/C13H21N3O4/c14-15-13(18)11-3-7-20-12(11)9-16-4-1-10(2-5-16)19-8-6-17/h3,7,10,17H,1-2,4-6,8-9,14H2,(H,15,18). The van der Waals surface area contributed by atoms with Crippen LogP contribution in [0.15, 0.2) is 16.7 Å². The number of rotatable bonds is 6. The highest BCUT2D eigenvalue weighted by atomic mass is 16.5. The van der Waals surface area contributed by atoms with Gasteiger partial charge in [-0.05, 0) is 18.9 Å². The maximum absolute atomic E-state index is 11.5. The highest BCUT2D eigenvalue weighted by Crippen LogP contribution is 2.18. The highest BCUT2D eigenvalue weighted by Gasteiger charge is 2.22. The van der Waals surface area contributed by atoms with Gasteiger partial charge in [0.25, 0.3) is 5.91 Å². The summed E-state index contributed by atoms with van der Waals surface area (Å²) in [5, 5.41) is 8.73. The maximum atomic E-state index is 11.5. The summed E-state index contributed by atoms with van der Waals surface area (Å²) in [4.78, 5) is 13.8. The number of hydrazine groups is 1. The quantitative estimate of drug-likeness (QED) is 0.381. The van der Waals surface area contributed by atoms with Crippen molar-refractivity contribution in [1.29, 1.82) is 0 Å². The Balaban J connectivity index is 1.84. The molecule has 0 radical (unpaired) electrons. The number of nitrogen functional groups attached to an aromatic ring is 1. The predicted molar refractivity (Wildman–Crippen MR) is 71.7 cm³/mol. The summed E-state index contributed by atoms with van der Waals surface area (Å²) < 4.78 is 10.9. The van der Waals surface area contributed by atoms with Gasteiger partial charge in [-0.2, -0.15) is 0 Å². The van der Waals surface area contributed by atoms with Crippen molar-refractivity contribution in [2.45, 2.75) is 25.5 Å². The first-order valence-electron chi connectivity index (χ1n) is 6.76. The minimum absolute atomic E-state index is 0.0597. The topological polar surface area (TPSA) is 101 Å². The minimum atomic E-state index is -0.338. The number of aliphatic hydroxyl groups is 1. The van der Waals surface area contributed by atoms with Gasteiger partial charge in [0.05, 0.1) is 37.7 Å². The second-order valence-electron chi connectivity index (χ2n) is 4.80. The zero-order valence-electron chi connectivity index (χ0n) is 11.4. The molecule has 1 aliphatic heterocycles. The second kappa shape index (κ2) is 7.39. The number of likely N-dealkylation sites (tertiary alicyclic amines) is 1. The Hall–Kier alpha value is -1.41. The van der Waals surface area contributed by atoms with E-state index in [1.807, 2.05) is 0 Å². The van der Waals surface area contributed by atoms with Crippen LogP contribution in [0.1, 0.15) is 29.0 Å². The van der Waals surface area contributed by atoms with Crippen LogP contribution in [0.3, 0.4) is 0 Å². The summed E-state index contributed by atoms with van der Waals surface area (Å²) in [7, 11) is 0. The van der Waals surface area contributed by atoms with Gasteiger partial charge in [0.1, 0.15) is 5.76 Å². The average molecular weight is 283 g/mol. The van der Waals surface area contributed by atoms with E-state index in [0.717, 1.165) is 25.9 Å². The lowest BCUT2D eigenvalue weighted by atomic mass is 10.1. The highest BCUT2D eigenvalue weighted by molar-refractivity contribution is 5.94. The Labute approximate surface area is 117 Å². The Morgan fingerprint density at radius 1 is 1.55 bits per heavy atom. The fourth-order valence-electron chi connectivity index (χ4n) is 2.40. The largest absolute Gasteiger partial charge is 0.467 e. The molecule has 20 heavy (non-hydrogen) atoms. The monoisotopic (exact) mass is 283 g/mol. The lowest BCUT2D eigenvalue weighted by Gasteiger charge is -2.31. The molecule has 1 aromatic rings. The van der Waals surface area contributed by atoms with Gasteiger partial charge in [-0.25, -0.2) is 5.84 Å². The van der Waals surface area contributed by atoms with Crippen molar-refractivity contribution in [2.75, 3.05) is 26.3 Å². The number of carbonyl (C=O) groups excluding carboxylic acids is 1. The Morgan fingerprint density at radius 2 is 2.30 bits per heavy atom. The van der Waals surface area contributed by atoms with Crippen molar-refractivity contribution in [3.05, 3.63) is 23.7 Å². The van der Waals surface area contributed by atoms with Crippen LogP contribution in [0, 0.1) is 0 Å². The van der Waals surface area contributed by atoms with Crippen molar-refractivity contribution in [2.24, 2.45) is 5.84 Å². The lowest BCUT2D eigenvalue weighted by Crippen LogP contribution is -2.37. The SMILES string of the molecule is NNC(=O)c1ccoc1CN1CCC(OCCO)CC1. The molecule has 1 saturated heterocycles. The van der Waals surface area contributed by atoms with Gasteiger partial charge in [0.2, 0.25) is 0 Å². The molecule has 1 aliphatic rings. The molecule has 0 atom stereocenters. The number of hydrogen-bond donors (Lipinski definition) is 3. The summed E-state index contributed by atoms with van der Waals surface area (Å²) in [6.45, 7) is 2.79. The van der Waals surface area contributed by atoms with E-state index in [0.29, 0.717) is 24.5 Å². The van der Waals surface area contributed by atoms with E-state index in [4.69, 9.17) is 20.1 Å².